The van der Waals surface area contributed by atoms with E-state index in [2.05, 4.69) is 0 Å². The number of esters is 6. The van der Waals surface area contributed by atoms with E-state index in [1.165, 1.54) is 19.2 Å². The SMILES string of the molecule is COc1ccc(C(=O)O[C@@H]2[C@H](OC(C)=O)OCC(=O)[C@@H]3[C@H](O[C@@H]4O[C@H](COC(C)=O)[C@@H](OC(C)=O)[C@H](OC(C)=O)[C@H]4OC(C)=O)OCC[C@@H]23)cc1. The van der Waals surface area contributed by atoms with Gasteiger partial charge in [0.25, 0.3) is 0 Å². The van der Waals surface area contributed by atoms with Gasteiger partial charge in [0, 0.05) is 40.5 Å². The van der Waals surface area contributed by atoms with Crippen LogP contribution in [0.15, 0.2) is 24.3 Å². The van der Waals surface area contributed by atoms with Gasteiger partial charge in [0.05, 0.1) is 25.2 Å². The van der Waals surface area contributed by atoms with Gasteiger partial charge in [0.2, 0.25) is 12.6 Å². The summed E-state index contributed by atoms with van der Waals surface area (Å²) in [6.07, 6.45) is -11.9. The number of ether oxygens (including phenoxy) is 11. The Labute approximate surface area is 292 Å². The molecule has 3 fully saturated rings. The van der Waals surface area contributed by atoms with E-state index in [1.807, 2.05) is 0 Å². The molecule has 0 radical (unpaired) electrons. The molecule has 1 aromatic carbocycles. The highest BCUT2D eigenvalue weighted by molar-refractivity contribution is 5.90. The second kappa shape index (κ2) is 17.5. The third kappa shape index (κ3) is 10.2. The van der Waals surface area contributed by atoms with Gasteiger partial charge in [-0.3, -0.25) is 28.8 Å². The van der Waals surface area contributed by atoms with Crippen LogP contribution in [0.1, 0.15) is 51.4 Å². The van der Waals surface area contributed by atoms with Gasteiger partial charge < -0.3 is 52.1 Å². The largest absolute Gasteiger partial charge is 0.497 e. The summed E-state index contributed by atoms with van der Waals surface area (Å²) in [6, 6.07) is 6.01. The summed E-state index contributed by atoms with van der Waals surface area (Å²) < 4.78 is 61.5. The normalized spacial score (nSPS) is 30.4. The summed E-state index contributed by atoms with van der Waals surface area (Å²) in [4.78, 5) is 87.5. The molecule has 0 aliphatic carbocycles. The highest BCUT2D eigenvalue weighted by atomic mass is 16.8. The fourth-order valence-corrected chi connectivity index (χ4v) is 6.00. The van der Waals surface area contributed by atoms with Crippen molar-refractivity contribution in [3.8, 4) is 5.75 Å². The van der Waals surface area contributed by atoms with Crippen molar-refractivity contribution in [1.29, 1.82) is 0 Å². The van der Waals surface area contributed by atoms with E-state index in [4.69, 9.17) is 52.1 Å². The molecule has 18 nitrogen and oxygen atoms in total. The van der Waals surface area contributed by atoms with Gasteiger partial charge in [-0.1, -0.05) is 0 Å². The molecule has 3 saturated heterocycles. The van der Waals surface area contributed by atoms with E-state index in [-0.39, 0.29) is 18.6 Å². The maximum atomic E-state index is 13.7. The van der Waals surface area contributed by atoms with Crippen LogP contribution in [0.2, 0.25) is 0 Å². The highest BCUT2D eigenvalue weighted by Gasteiger charge is 2.56. The molecular weight excluding hydrogens is 684 g/mol. The summed E-state index contributed by atoms with van der Waals surface area (Å²) in [7, 11) is 1.46. The first-order valence-electron chi connectivity index (χ1n) is 15.9. The molecule has 10 atom stereocenters. The summed E-state index contributed by atoms with van der Waals surface area (Å²) in [5, 5.41) is 0. The first-order chi connectivity index (χ1) is 24.2. The van der Waals surface area contributed by atoms with Gasteiger partial charge in [0.1, 0.15) is 25.1 Å². The standard InChI is InChI=1S/C33H40O18/c1-15(34)43-14-24-27(45-16(2)35)28(46-17(3)36)29(47-18(4)37)33(49-24)51-31-25-22(11-12-42-31)26(32(48-19(5)38)44-13-23(25)39)50-30(40)20-7-9-21(41-6)10-8-20/h7-10,22,24-29,31-33H,11-14H2,1-6H3/t22-,24-,25-,26+,27-,28+,29-,31+,32+,33+/m1/s1. The lowest BCUT2D eigenvalue weighted by atomic mass is 9.80. The monoisotopic (exact) mass is 724 g/mol. The molecule has 51 heavy (non-hydrogen) atoms. The number of rotatable bonds is 11. The number of hydrogen-bond donors (Lipinski definition) is 0. The highest BCUT2D eigenvalue weighted by Crippen LogP contribution is 2.40. The Hall–Kier alpha value is -4.65. The molecule has 0 bridgehead atoms. The molecule has 3 heterocycles. The van der Waals surface area contributed by atoms with Crippen LogP contribution in [0.3, 0.4) is 0 Å². The van der Waals surface area contributed by atoms with Crippen molar-refractivity contribution in [2.75, 3.05) is 26.9 Å². The predicted molar refractivity (Wildman–Crippen MR) is 163 cm³/mol. The third-order valence-electron chi connectivity index (χ3n) is 8.01. The smallest absolute Gasteiger partial charge is 0.338 e. The second-order valence-corrected chi connectivity index (χ2v) is 11.8. The van der Waals surface area contributed by atoms with Gasteiger partial charge in [-0.25, -0.2) is 4.79 Å². The van der Waals surface area contributed by atoms with Crippen molar-refractivity contribution < 1.29 is 85.7 Å². The average molecular weight is 725 g/mol. The molecule has 0 aromatic heterocycles. The summed E-state index contributed by atoms with van der Waals surface area (Å²) >= 11 is 0. The van der Waals surface area contributed by atoms with E-state index < -0.39 is 116 Å². The van der Waals surface area contributed by atoms with Crippen LogP contribution in [0.25, 0.3) is 0 Å². The Morgan fingerprint density at radius 2 is 1.29 bits per heavy atom. The zero-order valence-corrected chi connectivity index (χ0v) is 28.8. The van der Waals surface area contributed by atoms with Crippen LogP contribution in [0.4, 0.5) is 0 Å². The van der Waals surface area contributed by atoms with Gasteiger partial charge in [-0.15, -0.1) is 0 Å². The molecule has 0 spiro atoms. The van der Waals surface area contributed by atoms with Crippen molar-refractivity contribution in [2.45, 2.75) is 90.4 Å². The number of benzene rings is 1. The van der Waals surface area contributed by atoms with E-state index in [9.17, 15) is 33.6 Å². The molecule has 0 unspecified atom stereocenters. The molecular formula is C33H40O18. The fraction of sp³-hybridized carbons (Fsp3) is 0.606. The topological polar surface area (TPSA) is 221 Å². The van der Waals surface area contributed by atoms with Crippen LogP contribution < -0.4 is 4.74 Å². The Bertz CT molecular complexity index is 1460. The number of ketones is 1. The van der Waals surface area contributed by atoms with E-state index in [1.54, 1.807) is 12.1 Å². The molecule has 3 aliphatic rings. The Kier molecular flexibility index (Phi) is 13.4. The third-order valence-corrected chi connectivity index (χ3v) is 8.01. The molecule has 0 amide bonds. The van der Waals surface area contributed by atoms with Gasteiger partial charge >= 0.3 is 35.8 Å². The van der Waals surface area contributed by atoms with Crippen LogP contribution >= 0.6 is 0 Å². The Balaban J connectivity index is 1.70. The van der Waals surface area contributed by atoms with Crippen LogP contribution in [-0.4, -0.2) is 118 Å². The van der Waals surface area contributed by atoms with Crippen LogP contribution in [0.5, 0.6) is 5.75 Å². The molecule has 3 aliphatic heterocycles. The number of methoxy groups -OCH3 is 1. The van der Waals surface area contributed by atoms with E-state index >= 15 is 0 Å². The molecule has 4 rings (SSSR count). The minimum absolute atomic E-state index is 0.0756. The van der Waals surface area contributed by atoms with Gasteiger partial charge in [-0.2, -0.15) is 0 Å². The van der Waals surface area contributed by atoms with Crippen LogP contribution in [-0.2, 0) is 76.1 Å². The molecule has 280 valence electrons. The summed E-state index contributed by atoms with van der Waals surface area (Å²) in [5.41, 5.74) is 0.127. The molecule has 18 heteroatoms. The van der Waals surface area contributed by atoms with Crippen molar-refractivity contribution in [3.05, 3.63) is 29.8 Å². The average Bonchev–Trinajstić information content (AvgIpc) is 3.18. The maximum Gasteiger partial charge on any atom is 0.338 e. The number of hydrogen-bond acceptors (Lipinski definition) is 18. The lowest BCUT2D eigenvalue weighted by molar-refractivity contribution is -0.352. The van der Waals surface area contributed by atoms with Crippen molar-refractivity contribution in [3.63, 3.8) is 0 Å². The number of carbonyl (C=O) groups is 7. The van der Waals surface area contributed by atoms with Crippen molar-refractivity contribution in [2.24, 2.45) is 11.8 Å². The minimum atomic E-state index is -1.68. The summed E-state index contributed by atoms with van der Waals surface area (Å²) in [5.74, 6) is -7.13. The first-order valence-corrected chi connectivity index (χ1v) is 15.9. The minimum Gasteiger partial charge on any atom is -0.497 e. The predicted octanol–water partition coefficient (Wildman–Crippen LogP) is 0.788. The quantitative estimate of drug-likeness (QED) is 0.227. The Morgan fingerprint density at radius 3 is 1.88 bits per heavy atom. The Morgan fingerprint density at radius 1 is 0.686 bits per heavy atom. The number of Topliss-reactive ketones (excluding diaryl/α,β-unsaturated/α-hetero) is 1. The van der Waals surface area contributed by atoms with Crippen LogP contribution in [0, 0.1) is 11.8 Å². The van der Waals surface area contributed by atoms with Crippen molar-refractivity contribution >= 4 is 41.6 Å². The van der Waals surface area contributed by atoms with Gasteiger partial charge in [0.15, 0.2) is 36.5 Å². The molecule has 0 saturated carbocycles. The van der Waals surface area contributed by atoms with E-state index in [0.717, 1.165) is 34.6 Å². The fourth-order valence-electron chi connectivity index (χ4n) is 6.00. The first kappa shape index (κ1) is 39.1. The van der Waals surface area contributed by atoms with E-state index in [0.29, 0.717) is 5.75 Å². The van der Waals surface area contributed by atoms with Crippen molar-refractivity contribution in [1.82, 2.24) is 0 Å². The zero-order chi connectivity index (χ0) is 37.4. The van der Waals surface area contributed by atoms with Gasteiger partial charge in [-0.05, 0) is 30.7 Å². The summed E-state index contributed by atoms with van der Waals surface area (Å²) in [6.45, 7) is 4.24. The lowest BCUT2D eigenvalue weighted by Crippen LogP contribution is -2.64. The molecule has 0 N–H and O–H groups in total. The zero-order valence-electron chi connectivity index (χ0n) is 28.8. The molecule has 1 aromatic rings. The number of carbonyl (C=O) groups excluding carboxylic acids is 7. The second-order valence-electron chi connectivity index (χ2n) is 11.8. The maximum absolute atomic E-state index is 13.7. The lowest BCUT2D eigenvalue weighted by Gasteiger charge is -2.46. The number of fused-ring (bicyclic) bond motifs is 1.